The highest BCUT2D eigenvalue weighted by Crippen LogP contribution is 2.40. The van der Waals surface area contributed by atoms with Crippen molar-refractivity contribution in [2.45, 2.75) is 13.0 Å². The topological polar surface area (TPSA) is 60.0 Å². The third-order valence-electron chi connectivity index (χ3n) is 2.86. The van der Waals surface area contributed by atoms with E-state index in [1.165, 1.54) is 4.90 Å². The summed E-state index contributed by atoms with van der Waals surface area (Å²) in [6.45, 7) is 1.80. The van der Waals surface area contributed by atoms with Gasteiger partial charge in [-0.25, -0.2) is 0 Å². The molecular formula is C14H22N2O4. The van der Waals surface area contributed by atoms with Gasteiger partial charge in [0.1, 0.15) is 6.04 Å². The summed E-state index contributed by atoms with van der Waals surface area (Å²) in [6.07, 6.45) is 0. The zero-order chi connectivity index (χ0) is 15.3. The molecule has 0 fully saturated rings. The Kier molecular flexibility index (Phi) is 5.49. The molecule has 0 saturated heterocycles. The van der Waals surface area contributed by atoms with Gasteiger partial charge in [-0.05, 0) is 6.92 Å². The maximum Gasteiger partial charge on any atom is 0.244 e. The molecule has 0 heterocycles. The SMILES string of the molecule is COc1cc(NC(C)C(=O)N(C)C)cc(OC)c1OC. The van der Waals surface area contributed by atoms with Gasteiger partial charge >= 0.3 is 0 Å². The average molecular weight is 282 g/mol. The van der Waals surface area contributed by atoms with Crippen molar-refractivity contribution in [3.63, 3.8) is 0 Å². The fourth-order valence-corrected chi connectivity index (χ4v) is 1.86. The number of methoxy groups -OCH3 is 3. The number of benzene rings is 1. The predicted octanol–water partition coefficient (Wildman–Crippen LogP) is 1.60. The highest BCUT2D eigenvalue weighted by atomic mass is 16.5. The van der Waals surface area contributed by atoms with Crippen LogP contribution in [0, 0.1) is 0 Å². The van der Waals surface area contributed by atoms with Crippen molar-refractivity contribution >= 4 is 11.6 Å². The van der Waals surface area contributed by atoms with E-state index in [9.17, 15) is 4.79 Å². The van der Waals surface area contributed by atoms with Gasteiger partial charge in [0.2, 0.25) is 11.7 Å². The van der Waals surface area contributed by atoms with E-state index in [2.05, 4.69) is 5.32 Å². The molecule has 1 aromatic carbocycles. The van der Waals surface area contributed by atoms with Crippen LogP contribution in [0.25, 0.3) is 0 Å². The van der Waals surface area contributed by atoms with E-state index in [0.29, 0.717) is 17.2 Å². The first kappa shape index (κ1) is 15.9. The maximum atomic E-state index is 11.9. The van der Waals surface area contributed by atoms with Gasteiger partial charge in [-0.2, -0.15) is 0 Å². The van der Waals surface area contributed by atoms with Gasteiger partial charge in [0, 0.05) is 31.9 Å². The van der Waals surface area contributed by atoms with Crippen LogP contribution >= 0.6 is 0 Å². The van der Waals surface area contributed by atoms with Crippen LogP contribution in [0.1, 0.15) is 6.92 Å². The van der Waals surface area contributed by atoms with E-state index in [1.807, 2.05) is 0 Å². The number of nitrogens with zero attached hydrogens (tertiary/aromatic N) is 1. The zero-order valence-electron chi connectivity index (χ0n) is 12.8. The number of likely N-dealkylation sites (N-methyl/N-ethyl adjacent to an activating group) is 1. The third kappa shape index (κ3) is 3.46. The second-order valence-electron chi connectivity index (χ2n) is 4.51. The van der Waals surface area contributed by atoms with Crippen LogP contribution in [0.3, 0.4) is 0 Å². The lowest BCUT2D eigenvalue weighted by molar-refractivity contribution is -0.129. The summed E-state index contributed by atoms with van der Waals surface area (Å²) < 4.78 is 15.8. The molecule has 6 nitrogen and oxygen atoms in total. The molecule has 0 aliphatic carbocycles. The van der Waals surface area contributed by atoms with Gasteiger partial charge in [-0.3, -0.25) is 4.79 Å². The number of carbonyl (C=O) groups is 1. The molecule has 1 atom stereocenters. The monoisotopic (exact) mass is 282 g/mol. The number of hydrogen-bond donors (Lipinski definition) is 1. The van der Waals surface area contributed by atoms with Gasteiger partial charge in [0.05, 0.1) is 21.3 Å². The van der Waals surface area contributed by atoms with Gasteiger partial charge in [-0.1, -0.05) is 0 Å². The first-order chi connectivity index (χ1) is 9.44. The number of carbonyl (C=O) groups excluding carboxylic acids is 1. The van der Waals surface area contributed by atoms with E-state index in [4.69, 9.17) is 14.2 Å². The number of nitrogens with one attached hydrogen (secondary N) is 1. The molecule has 0 saturated carbocycles. The number of rotatable bonds is 6. The van der Waals surface area contributed by atoms with Gasteiger partial charge in [0.15, 0.2) is 11.5 Å². The Balaban J connectivity index is 3.05. The van der Waals surface area contributed by atoms with E-state index >= 15 is 0 Å². The van der Waals surface area contributed by atoms with Gasteiger partial charge in [0.25, 0.3) is 0 Å². The molecule has 0 aliphatic rings. The molecule has 6 heteroatoms. The van der Waals surface area contributed by atoms with Crippen LogP contribution in [0.4, 0.5) is 5.69 Å². The Bertz CT molecular complexity index is 449. The van der Waals surface area contributed by atoms with E-state index < -0.39 is 0 Å². The van der Waals surface area contributed by atoms with E-state index in [0.717, 1.165) is 5.69 Å². The molecule has 1 N–H and O–H groups in total. The fourth-order valence-electron chi connectivity index (χ4n) is 1.86. The van der Waals surface area contributed by atoms with Crippen molar-refractivity contribution in [3.05, 3.63) is 12.1 Å². The summed E-state index contributed by atoms with van der Waals surface area (Å²) in [6, 6.07) is 3.18. The quantitative estimate of drug-likeness (QED) is 0.859. The largest absolute Gasteiger partial charge is 0.493 e. The van der Waals surface area contributed by atoms with Crippen LogP contribution in [-0.2, 0) is 4.79 Å². The normalized spacial score (nSPS) is 11.5. The summed E-state index contributed by atoms with van der Waals surface area (Å²) in [5, 5.41) is 3.12. The van der Waals surface area contributed by atoms with Crippen LogP contribution in [-0.4, -0.2) is 52.3 Å². The third-order valence-corrected chi connectivity index (χ3v) is 2.86. The molecule has 0 radical (unpaired) electrons. The molecule has 1 amide bonds. The first-order valence-corrected chi connectivity index (χ1v) is 6.22. The second kappa shape index (κ2) is 6.88. The lowest BCUT2D eigenvalue weighted by atomic mass is 10.2. The van der Waals surface area contributed by atoms with Crippen molar-refractivity contribution in [3.8, 4) is 17.2 Å². The van der Waals surface area contributed by atoms with Crippen molar-refractivity contribution in [1.82, 2.24) is 4.90 Å². The zero-order valence-corrected chi connectivity index (χ0v) is 12.8. The molecule has 0 aromatic heterocycles. The Morgan fingerprint density at radius 3 is 1.95 bits per heavy atom. The maximum absolute atomic E-state index is 11.9. The van der Waals surface area contributed by atoms with E-state index in [1.54, 1.807) is 54.5 Å². The van der Waals surface area contributed by atoms with Crippen LogP contribution in [0.15, 0.2) is 12.1 Å². The number of hydrogen-bond acceptors (Lipinski definition) is 5. The molecular weight excluding hydrogens is 260 g/mol. The van der Waals surface area contributed by atoms with E-state index in [-0.39, 0.29) is 11.9 Å². The molecule has 0 spiro atoms. The Morgan fingerprint density at radius 2 is 1.60 bits per heavy atom. The van der Waals surface area contributed by atoms with Crippen molar-refractivity contribution < 1.29 is 19.0 Å². The highest BCUT2D eigenvalue weighted by molar-refractivity contribution is 5.84. The molecule has 1 aromatic rings. The van der Waals surface area contributed by atoms with Crippen molar-refractivity contribution in [1.29, 1.82) is 0 Å². The van der Waals surface area contributed by atoms with Crippen LogP contribution < -0.4 is 19.5 Å². The Labute approximate surface area is 119 Å². The summed E-state index contributed by atoms with van der Waals surface area (Å²) in [5.74, 6) is 1.59. The van der Waals surface area contributed by atoms with Crippen molar-refractivity contribution in [2.75, 3.05) is 40.7 Å². The summed E-state index contributed by atoms with van der Waals surface area (Å²) in [7, 11) is 8.09. The average Bonchev–Trinajstić information content (AvgIpc) is 2.44. The fraction of sp³-hybridized carbons (Fsp3) is 0.500. The summed E-state index contributed by atoms with van der Waals surface area (Å²) in [5.41, 5.74) is 0.724. The number of ether oxygens (including phenoxy) is 3. The Morgan fingerprint density at radius 1 is 1.10 bits per heavy atom. The molecule has 0 aliphatic heterocycles. The standard InChI is InChI=1S/C14H22N2O4/c1-9(14(17)16(2)3)15-10-7-11(18-4)13(20-6)12(8-10)19-5/h7-9,15H,1-6H3. The summed E-state index contributed by atoms with van der Waals surface area (Å²) >= 11 is 0. The van der Waals surface area contributed by atoms with Crippen molar-refractivity contribution in [2.24, 2.45) is 0 Å². The molecule has 1 rings (SSSR count). The first-order valence-electron chi connectivity index (χ1n) is 6.22. The number of amides is 1. The molecule has 0 bridgehead atoms. The second-order valence-corrected chi connectivity index (χ2v) is 4.51. The predicted molar refractivity (Wildman–Crippen MR) is 77.9 cm³/mol. The molecule has 20 heavy (non-hydrogen) atoms. The van der Waals surface area contributed by atoms with Gasteiger partial charge in [-0.15, -0.1) is 0 Å². The number of anilines is 1. The highest BCUT2D eigenvalue weighted by Gasteiger charge is 2.18. The molecule has 112 valence electrons. The minimum Gasteiger partial charge on any atom is -0.493 e. The van der Waals surface area contributed by atoms with Crippen LogP contribution in [0.2, 0.25) is 0 Å². The molecule has 1 unspecified atom stereocenters. The lowest BCUT2D eigenvalue weighted by Gasteiger charge is -2.20. The summed E-state index contributed by atoms with van der Waals surface area (Å²) in [4.78, 5) is 13.4. The minimum absolute atomic E-state index is 0.0150. The smallest absolute Gasteiger partial charge is 0.244 e. The van der Waals surface area contributed by atoms with Gasteiger partial charge < -0.3 is 24.4 Å². The lowest BCUT2D eigenvalue weighted by Crippen LogP contribution is -2.36. The Hall–Kier alpha value is -2.11. The van der Waals surface area contributed by atoms with Crippen LogP contribution in [0.5, 0.6) is 17.2 Å². The minimum atomic E-state index is -0.354.